The summed E-state index contributed by atoms with van der Waals surface area (Å²) in [4.78, 5) is 4.11. The molecule has 0 radical (unpaired) electrons. The van der Waals surface area contributed by atoms with E-state index in [4.69, 9.17) is 11.6 Å². The summed E-state index contributed by atoms with van der Waals surface area (Å²) in [6.45, 7) is 0. The van der Waals surface area contributed by atoms with Crippen molar-refractivity contribution < 1.29 is 5.11 Å². The number of fused-ring (bicyclic) bond motifs is 1. The molecule has 3 rings (SSSR count). The zero-order chi connectivity index (χ0) is 14.1. The zero-order valence-electron chi connectivity index (χ0n) is 10.4. The summed E-state index contributed by atoms with van der Waals surface area (Å²) < 4.78 is 0.776. The van der Waals surface area contributed by atoms with Gasteiger partial charge in [-0.2, -0.15) is 0 Å². The number of pyridine rings is 1. The summed E-state index contributed by atoms with van der Waals surface area (Å²) in [5.74, 6) is 0. The number of nitrogens with zero attached hydrogens (tertiary/aromatic N) is 1. The Bertz CT molecular complexity index is 770. The standard InChI is InChI=1S/C16H11BrClNO/c17-14-8-10(4-5-15(14)18)16(20)13-3-1-2-11-9-19-7-6-12(11)13/h1-9,16,20H. The molecule has 2 aromatic carbocycles. The maximum Gasteiger partial charge on any atom is 0.105 e. The van der Waals surface area contributed by atoms with Crippen molar-refractivity contribution in [1.82, 2.24) is 4.98 Å². The van der Waals surface area contributed by atoms with Crippen molar-refractivity contribution in [3.63, 3.8) is 0 Å². The number of aliphatic hydroxyl groups is 1. The van der Waals surface area contributed by atoms with Crippen LogP contribution in [0.15, 0.2) is 59.3 Å². The van der Waals surface area contributed by atoms with E-state index >= 15 is 0 Å². The molecular weight excluding hydrogens is 338 g/mol. The topological polar surface area (TPSA) is 33.1 Å². The molecule has 0 aliphatic heterocycles. The zero-order valence-corrected chi connectivity index (χ0v) is 12.8. The Morgan fingerprint density at radius 3 is 2.80 bits per heavy atom. The molecule has 0 spiro atoms. The molecule has 0 saturated carbocycles. The van der Waals surface area contributed by atoms with Crippen molar-refractivity contribution in [3.8, 4) is 0 Å². The van der Waals surface area contributed by atoms with Gasteiger partial charge in [-0.3, -0.25) is 4.98 Å². The average Bonchev–Trinajstić information content (AvgIpc) is 2.49. The van der Waals surface area contributed by atoms with E-state index in [2.05, 4.69) is 20.9 Å². The van der Waals surface area contributed by atoms with Crippen LogP contribution >= 0.6 is 27.5 Å². The number of hydrogen-bond acceptors (Lipinski definition) is 2. The predicted molar refractivity (Wildman–Crippen MR) is 85.0 cm³/mol. The molecule has 100 valence electrons. The fourth-order valence-corrected chi connectivity index (χ4v) is 2.76. The second-order valence-electron chi connectivity index (χ2n) is 4.52. The van der Waals surface area contributed by atoms with Gasteiger partial charge in [0.05, 0.1) is 5.02 Å². The summed E-state index contributed by atoms with van der Waals surface area (Å²) in [5.41, 5.74) is 1.66. The van der Waals surface area contributed by atoms with Gasteiger partial charge in [-0.05, 0) is 50.6 Å². The van der Waals surface area contributed by atoms with Crippen LogP contribution in [0.2, 0.25) is 5.02 Å². The molecular formula is C16H11BrClNO. The van der Waals surface area contributed by atoms with Crippen LogP contribution < -0.4 is 0 Å². The second kappa shape index (κ2) is 5.52. The van der Waals surface area contributed by atoms with Crippen LogP contribution in [0, 0.1) is 0 Å². The lowest BCUT2D eigenvalue weighted by Crippen LogP contribution is -2.00. The Labute approximate surface area is 130 Å². The first-order valence-electron chi connectivity index (χ1n) is 6.12. The lowest BCUT2D eigenvalue weighted by molar-refractivity contribution is 0.222. The third-order valence-corrected chi connectivity index (χ3v) is 4.48. The molecule has 3 aromatic rings. The third kappa shape index (κ3) is 2.44. The number of aromatic nitrogens is 1. The predicted octanol–water partition coefficient (Wildman–Crippen LogP) is 4.73. The highest BCUT2D eigenvalue weighted by atomic mass is 79.9. The smallest absolute Gasteiger partial charge is 0.105 e. The minimum atomic E-state index is -0.699. The van der Waals surface area contributed by atoms with Gasteiger partial charge in [0.2, 0.25) is 0 Å². The molecule has 0 bridgehead atoms. The van der Waals surface area contributed by atoms with Gasteiger partial charge >= 0.3 is 0 Å². The summed E-state index contributed by atoms with van der Waals surface area (Å²) in [7, 11) is 0. The van der Waals surface area contributed by atoms with Crippen LogP contribution in [0.5, 0.6) is 0 Å². The number of aliphatic hydroxyl groups excluding tert-OH is 1. The SMILES string of the molecule is OC(c1ccc(Cl)c(Br)c1)c1cccc2cnccc12. The van der Waals surface area contributed by atoms with E-state index in [1.807, 2.05) is 36.4 Å². The Kier molecular flexibility index (Phi) is 3.74. The monoisotopic (exact) mass is 347 g/mol. The minimum absolute atomic E-state index is 0.628. The van der Waals surface area contributed by atoms with E-state index in [0.717, 1.165) is 26.4 Å². The molecule has 0 saturated heterocycles. The first-order valence-corrected chi connectivity index (χ1v) is 7.29. The molecule has 1 unspecified atom stereocenters. The van der Waals surface area contributed by atoms with Crippen LogP contribution in [0.3, 0.4) is 0 Å². The highest BCUT2D eigenvalue weighted by Gasteiger charge is 2.14. The Hall–Kier alpha value is -1.42. The summed E-state index contributed by atoms with van der Waals surface area (Å²) in [6.07, 6.45) is 2.83. The van der Waals surface area contributed by atoms with Crippen LogP contribution in [0.1, 0.15) is 17.2 Å². The first kappa shape index (κ1) is 13.6. The first-order chi connectivity index (χ1) is 9.66. The highest BCUT2D eigenvalue weighted by molar-refractivity contribution is 9.10. The Morgan fingerprint density at radius 2 is 2.00 bits per heavy atom. The highest BCUT2D eigenvalue weighted by Crippen LogP contribution is 2.32. The van der Waals surface area contributed by atoms with E-state index in [-0.39, 0.29) is 0 Å². The van der Waals surface area contributed by atoms with Crippen molar-refractivity contribution in [2.24, 2.45) is 0 Å². The van der Waals surface area contributed by atoms with Gasteiger partial charge in [-0.25, -0.2) is 0 Å². The van der Waals surface area contributed by atoms with Gasteiger partial charge in [0, 0.05) is 22.3 Å². The van der Waals surface area contributed by atoms with Crippen molar-refractivity contribution in [1.29, 1.82) is 0 Å². The van der Waals surface area contributed by atoms with Crippen LogP contribution in [0.4, 0.5) is 0 Å². The maximum absolute atomic E-state index is 10.6. The fourth-order valence-electron chi connectivity index (χ4n) is 2.25. The van der Waals surface area contributed by atoms with E-state index in [9.17, 15) is 5.11 Å². The van der Waals surface area contributed by atoms with Crippen molar-refractivity contribution in [3.05, 3.63) is 75.5 Å². The lowest BCUT2D eigenvalue weighted by Gasteiger charge is -2.14. The number of rotatable bonds is 2. The van der Waals surface area contributed by atoms with E-state index in [1.165, 1.54) is 0 Å². The van der Waals surface area contributed by atoms with Gasteiger partial charge in [-0.15, -0.1) is 0 Å². The molecule has 20 heavy (non-hydrogen) atoms. The fraction of sp³-hybridized carbons (Fsp3) is 0.0625. The van der Waals surface area contributed by atoms with Gasteiger partial charge < -0.3 is 5.11 Å². The second-order valence-corrected chi connectivity index (χ2v) is 5.78. The molecule has 2 nitrogen and oxygen atoms in total. The van der Waals surface area contributed by atoms with Crippen molar-refractivity contribution in [2.45, 2.75) is 6.10 Å². The van der Waals surface area contributed by atoms with Gasteiger partial charge in [0.15, 0.2) is 0 Å². The maximum atomic E-state index is 10.6. The molecule has 1 N–H and O–H groups in total. The molecule has 1 aromatic heterocycles. The molecule has 4 heteroatoms. The number of halogens is 2. The van der Waals surface area contributed by atoms with Crippen LogP contribution in [-0.2, 0) is 0 Å². The van der Waals surface area contributed by atoms with Gasteiger partial charge in [-0.1, -0.05) is 35.9 Å². The Morgan fingerprint density at radius 1 is 1.15 bits per heavy atom. The van der Waals surface area contributed by atoms with Crippen molar-refractivity contribution in [2.75, 3.05) is 0 Å². The van der Waals surface area contributed by atoms with Crippen molar-refractivity contribution >= 4 is 38.3 Å². The van der Waals surface area contributed by atoms with Gasteiger partial charge in [0.1, 0.15) is 6.10 Å². The molecule has 0 aliphatic carbocycles. The lowest BCUT2D eigenvalue weighted by atomic mass is 9.97. The van der Waals surface area contributed by atoms with E-state index < -0.39 is 6.10 Å². The summed E-state index contributed by atoms with van der Waals surface area (Å²) in [6, 6.07) is 13.2. The van der Waals surface area contributed by atoms with E-state index in [1.54, 1.807) is 18.5 Å². The quantitative estimate of drug-likeness (QED) is 0.726. The third-order valence-electron chi connectivity index (χ3n) is 3.27. The van der Waals surface area contributed by atoms with Gasteiger partial charge in [0.25, 0.3) is 0 Å². The summed E-state index contributed by atoms with van der Waals surface area (Å²) >= 11 is 9.37. The number of benzene rings is 2. The van der Waals surface area contributed by atoms with Crippen LogP contribution in [-0.4, -0.2) is 10.1 Å². The molecule has 1 atom stereocenters. The molecule has 1 heterocycles. The van der Waals surface area contributed by atoms with E-state index in [0.29, 0.717) is 5.02 Å². The minimum Gasteiger partial charge on any atom is -0.384 e. The molecule has 0 amide bonds. The number of hydrogen-bond donors (Lipinski definition) is 1. The average molecular weight is 349 g/mol. The Balaban J connectivity index is 2.12. The normalized spacial score (nSPS) is 12.6. The molecule has 0 fully saturated rings. The summed E-state index contributed by atoms with van der Waals surface area (Å²) in [5, 5.41) is 13.3. The largest absolute Gasteiger partial charge is 0.384 e. The van der Waals surface area contributed by atoms with Crippen LogP contribution in [0.25, 0.3) is 10.8 Å². The molecule has 0 aliphatic rings.